The number of nitro benzene ring substituents is 1. The van der Waals surface area contributed by atoms with Gasteiger partial charge in [-0.1, -0.05) is 19.6 Å². The van der Waals surface area contributed by atoms with Crippen LogP contribution in [-0.2, 0) is 22.2 Å². The van der Waals surface area contributed by atoms with E-state index in [-0.39, 0.29) is 23.2 Å². The molecule has 0 radical (unpaired) electrons. The summed E-state index contributed by atoms with van der Waals surface area (Å²) in [6.45, 7) is 7.99. The third kappa shape index (κ3) is 5.21. The van der Waals surface area contributed by atoms with Gasteiger partial charge < -0.3 is 4.74 Å². The first-order chi connectivity index (χ1) is 8.69. The van der Waals surface area contributed by atoms with Gasteiger partial charge in [0.05, 0.1) is 4.92 Å². The highest BCUT2D eigenvalue weighted by molar-refractivity contribution is 6.75. The van der Waals surface area contributed by atoms with E-state index < -0.39 is 8.07 Å². The SMILES string of the molecule is CC(=O)OCc1ccc([N+](=O)[O-])c(C[Si](C)(C)C)c1. The number of carbonyl (C=O) groups is 1. The van der Waals surface area contributed by atoms with Crippen LogP contribution in [0.25, 0.3) is 0 Å². The highest BCUT2D eigenvalue weighted by atomic mass is 28.3. The first-order valence-electron chi connectivity index (χ1n) is 6.08. The average Bonchev–Trinajstić information content (AvgIpc) is 2.23. The maximum absolute atomic E-state index is 11.0. The van der Waals surface area contributed by atoms with Crippen LogP contribution < -0.4 is 0 Å². The standard InChI is InChI=1S/C13H19NO4Si/c1-10(15)18-8-11-5-6-13(14(16)17)12(7-11)9-19(2,3)4/h5-7H,8-9H2,1-4H3. The first kappa shape index (κ1) is 15.4. The molecule has 0 aliphatic rings. The molecule has 1 rings (SSSR count). The number of carbonyl (C=O) groups excluding carboxylic acids is 1. The molecule has 0 heterocycles. The monoisotopic (exact) mass is 281 g/mol. The summed E-state index contributed by atoms with van der Waals surface area (Å²) < 4.78 is 4.92. The molecule has 19 heavy (non-hydrogen) atoms. The summed E-state index contributed by atoms with van der Waals surface area (Å²) in [5, 5.41) is 11.0. The van der Waals surface area contributed by atoms with Gasteiger partial charge >= 0.3 is 5.97 Å². The molecule has 1 aromatic rings. The lowest BCUT2D eigenvalue weighted by Gasteiger charge is -2.16. The number of ether oxygens (including phenoxy) is 1. The van der Waals surface area contributed by atoms with Crippen molar-refractivity contribution in [3.63, 3.8) is 0 Å². The first-order valence-corrected chi connectivity index (χ1v) is 9.79. The van der Waals surface area contributed by atoms with Crippen LogP contribution in [0.2, 0.25) is 19.6 Å². The van der Waals surface area contributed by atoms with E-state index in [0.717, 1.165) is 17.2 Å². The molecular weight excluding hydrogens is 262 g/mol. The summed E-state index contributed by atoms with van der Waals surface area (Å²) in [6, 6.07) is 5.64. The maximum Gasteiger partial charge on any atom is 0.302 e. The number of hydrogen-bond acceptors (Lipinski definition) is 4. The van der Waals surface area contributed by atoms with E-state index >= 15 is 0 Å². The van der Waals surface area contributed by atoms with E-state index in [1.54, 1.807) is 12.1 Å². The maximum atomic E-state index is 11.0. The number of hydrogen-bond donors (Lipinski definition) is 0. The Kier molecular flexibility index (Phi) is 4.82. The summed E-state index contributed by atoms with van der Waals surface area (Å²) in [5.74, 6) is -0.356. The van der Waals surface area contributed by atoms with Crippen molar-refractivity contribution in [1.29, 1.82) is 0 Å². The molecule has 0 N–H and O–H groups in total. The zero-order valence-corrected chi connectivity index (χ0v) is 12.7. The van der Waals surface area contributed by atoms with Gasteiger partial charge in [-0.3, -0.25) is 14.9 Å². The Morgan fingerprint density at radius 3 is 2.47 bits per heavy atom. The predicted molar refractivity (Wildman–Crippen MR) is 75.6 cm³/mol. The molecule has 104 valence electrons. The van der Waals surface area contributed by atoms with Crippen molar-refractivity contribution >= 4 is 19.7 Å². The zero-order chi connectivity index (χ0) is 14.6. The van der Waals surface area contributed by atoms with Gasteiger partial charge in [0.1, 0.15) is 6.61 Å². The van der Waals surface area contributed by atoms with Crippen molar-refractivity contribution in [3.8, 4) is 0 Å². The van der Waals surface area contributed by atoms with Gasteiger partial charge in [0.2, 0.25) is 0 Å². The van der Waals surface area contributed by atoms with Crippen LogP contribution in [0.4, 0.5) is 5.69 Å². The molecule has 0 atom stereocenters. The Labute approximate surface area is 113 Å². The number of esters is 1. The van der Waals surface area contributed by atoms with E-state index in [0.29, 0.717) is 0 Å². The van der Waals surface area contributed by atoms with Gasteiger partial charge in [-0.15, -0.1) is 0 Å². The molecule has 0 saturated heterocycles. The zero-order valence-electron chi connectivity index (χ0n) is 11.7. The van der Waals surface area contributed by atoms with Crippen molar-refractivity contribution in [2.75, 3.05) is 0 Å². The van der Waals surface area contributed by atoms with Crippen molar-refractivity contribution in [2.45, 2.75) is 39.2 Å². The van der Waals surface area contributed by atoms with Gasteiger partial charge in [0.15, 0.2) is 0 Å². The Morgan fingerprint density at radius 1 is 1.37 bits per heavy atom. The molecule has 1 aromatic carbocycles. The van der Waals surface area contributed by atoms with Crippen LogP contribution in [0.5, 0.6) is 0 Å². The highest BCUT2D eigenvalue weighted by Gasteiger charge is 2.21. The van der Waals surface area contributed by atoms with E-state index in [4.69, 9.17) is 4.74 Å². The van der Waals surface area contributed by atoms with Crippen LogP contribution in [-0.4, -0.2) is 19.0 Å². The second kappa shape index (κ2) is 5.97. The summed E-state index contributed by atoms with van der Waals surface area (Å²) in [6.07, 6.45) is 0. The molecule has 5 nitrogen and oxygen atoms in total. The largest absolute Gasteiger partial charge is 0.461 e. The van der Waals surface area contributed by atoms with E-state index in [1.165, 1.54) is 13.0 Å². The highest BCUT2D eigenvalue weighted by Crippen LogP contribution is 2.24. The second-order valence-electron chi connectivity index (χ2n) is 5.74. The molecule has 0 spiro atoms. The third-order valence-corrected chi connectivity index (χ3v) is 3.95. The van der Waals surface area contributed by atoms with Crippen LogP contribution in [0.1, 0.15) is 18.1 Å². The molecule has 0 unspecified atom stereocenters. The predicted octanol–water partition coefficient (Wildman–Crippen LogP) is 3.08. The minimum atomic E-state index is -1.46. The molecule has 6 heteroatoms. The lowest BCUT2D eigenvalue weighted by Crippen LogP contribution is -2.24. The summed E-state index contributed by atoms with van der Waals surface area (Å²) >= 11 is 0. The number of nitrogens with zero attached hydrogens (tertiary/aromatic N) is 1. The molecule has 0 fully saturated rings. The molecule has 0 saturated carbocycles. The van der Waals surface area contributed by atoms with Crippen LogP contribution in [0.15, 0.2) is 18.2 Å². The smallest absolute Gasteiger partial charge is 0.302 e. The molecule has 0 aromatic heterocycles. The Bertz CT molecular complexity index is 494. The van der Waals surface area contributed by atoms with Crippen molar-refractivity contribution in [1.82, 2.24) is 0 Å². The number of rotatable bonds is 5. The number of benzene rings is 1. The Morgan fingerprint density at radius 2 is 2.00 bits per heavy atom. The van der Waals surface area contributed by atoms with Crippen molar-refractivity contribution < 1.29 is 14.5 Å². The molecule has 0 aliphatic carbocycles. The van der Waals surface area contributed by atoms with Crippen LogP contribution in [0.3, 0.4) is 0 Å². The van der Waals surface area contributed by atoms with Gasteiger partial charge in [0, 0.05) is 26.6 Å². The summed E-state index contributed by atoms with van der Waals surface area (Å²) in [7, 11) is -1.46. The van der Waals surface area contributed by atoms with E-state index in [1.807, 2.05) is 0 Å². The Balaban J connectivity index is 3.04. The van der Waals surface area contributed by atoms with Gasteiger partial charge in [-0.05, 0) is 23.7 Å². The van der Waals surface area contributed by atoms with Crippen molar-refractivity contribution in [2.24, 2.45) is 0 Å². The van der Waals surface area contributed by atoms with Crippen LogP contribution >= 0.6 is 0 Å². The minimum absolute atomic E-state index is 0.147. The van der Waals surface area contributed by atoms with Gasteiger partial charge in [-0.2, -0.15) is 0 Å². The van der Waals surface area contributed by atoms with Gasteiger partial charge in [-0.25, -0.2) is 0 Å². The second-order valence-corrected chi connectivity index (χ2v) is 11.2. The molecule has 0 aliphatic heterocycles. The van der Waals surface area contributed by atoms with Gasteiger partial charge in [0.25, 0.3) is 5.69 Å². The topological polar surface area (TPSA) is 69.4 Å². The average molecular weight is 281 g/mol. The van der Waals surface area contributed by atoms with E-state index in [9.17, 15) is 14.9 Å². The Hall–Kier alpha value is -1.69. The fraction of sp³-hybridized carbons (Fsp3) is 0.462. The quantitative estimate of drug-likeness (QED) is 0.360. The third-order valence-electron chi connectivity index (χ3n) is 2.50. The summed E-state index contributed by atoms with van der Waals surface area (Å²) in [5.41, 5.74) is 1.66. The molecule has 0 amide bonds. The van der Waals surface area contributed by atoms with Crippen LogP contribution in [0, 0.1) is 10.1 Å². The molecule has 0 bridgehead atoms. The minimum Gasteiger partial charge on any atom is -0.461 e. The number of nitro groups is 1. The van der Waals surface area contributed by atoms with E-state index in [2.05, 4.69) is 19.6 Å². The summed E-state index contributed by atoms with van der Waals surface area (Å²) in [4.78, 5) is 21.4. The molecular formula is C13H19NO4Si. The lowest BCUT2D eigenvalue weighted by molar-refractivity contribution is -0.385. The fourth-order valence-electron chi connectivity index (χ4n) is 1.80. The lowest BCUT2D eigenvalue weighted by atomic mass is 10.1. The van der Waals surface area contributed by atoms with Crippen molar-refractivity contribution in [3.05, 3.63) is 39.4 Å². The fourth-order valence-corrected chi connectivity index (χ4v) is 3.23. The normalized spacial score (nSPS) is 11.2.